The van der Waals surface area contributed by atoms with E-state index in [0.29, 0.717) is 11.7 Å². The van der Waals surface area contributed by atoms with Gasteiger partial charge in [-0.25, -0.2) is 0 Å². The predicted octanol–water partition coefficient (Wildman–Crippen LogP) is 5.53. The van der Waals surface area contributed by atoms with Gasteiger partial charge in [-0.05, 0) is 66.3 Å². The van der Waals surface area contributed by atoms with Gasteiger partial charge in [0.25, 0.3) is 0 Å². The number of hydrogen-bond donors (Lipinski definition) is 2. The maximum Gasteiger partial charge on any atom is 0.123 e. The fourth-order valence-corrected chi connectivity index (χ4v) is 5.26. The normalized spacial score (nSPS) is 20.8. The van der Waals surface area contributed by atoms with Crippen LogP contribution in [0, 0.1) is 5.92 Å². The zero-order chi connectivity index (χ0) is 17.7. The average molecular weight is 345 g/mol. The van der Waals surface area contributed by atoms with E-state index in [1.165, 1.54) is 42.4 Å². The number of phenols is 1. The first kappa shape index (κ1) is 15.7. The Morgan fingerprint density at radius 2 is 1.73 bits per heavy atom. The van der Waals surface area contributed by atoms with Crippen molar-refractivity contribution in [3.05, 3.63) is 58.7 Å². The molecular weight excluding hydrogens is 322 g/mol. The highest BCUT2D eigenvalue weighted by atomic mass is 16.4. The molecule has 3 aliphatic carbocycles. The first-order chi connectivity index (χ1) is 12.8. The molecule has 0 atom stereocenters. The molecule has 0 spiro atoms. The van der Waals surface area contributed by atoms with Gasteiger partial charge < -0.3 is 10.3 Å². The summed E-state index contributed by atoms with van der Waals surface area (Å²) in [7, 11) is 0. The summed E-state index contributed by atoms with van der Waals surface area (Å²) in [6, 6.07) is 12.1. The van der Waals surface area contributed by atoms with Crippen molar-refractivity contribution in [3.8, 4) is 16.9 Å². The summed E-state index contributed by atoms with van der Waals surface area (Å²) in [6.45, 7) is 0. The largest absolute Gasteiger partial charge is 0.507 e. The minimum atomic E-state index is 0.345. The van der Waals surface area contributed by atoms with Gasteiger partial charge in [0.1, 0.15) is 5.75 Å². The highest BCUT2D eigenvalue weighted by Crippen LogP contribution is 2.49. The molecule has 2 aromatic carbocycles. The Morgan fingerprint density at radius 1 is 0.923 bits per heavy atom. The lowest BCUT2D eigenvalue weighted by Crippen LogP contribution is -2.04. The number of aromatic hydroxyl groups is 1. The van der Waals surface area contributed by atoms with Crippen molar-refractivity contribution < 1.29 is 10.3 Å². The van der Waals surface area contributed by atoms with Crippen LogP contribution in [0.15, 0.2) is 47.1 Å². The van der Waals surface area contributed by atoms with E-state index in [9.17, 15) is 10.3 Å². The fraction of sp³-hybridized carbons (Fsp3) is 0.348. The van der Waals surface area contributed by atoms with Gasteiger partial charge in [0.2, 0.25) is 0 Å². The van der Waals surface area contributed by atoms with E-state index >= 15 is 0 Å². The molecule has 5 rings (SSSR count). The lowest BCUT2D eigenvalue weighted by molar-refractivity contribution is 0.319. The predicted molar refractivity (Wildman–Crippen MR) is 104 cm³/mol. The molecule has 3 aliphatic rings. The number of fused-ring (bicyclic) bond motifs is 3. The summed E-state index contributed by atoms with van der Waals surface area (Å²) >= 11 is 0. The maximum atomic E-state index is 10.6. The second kappa shape index (κ2) is 6.01. The molecule has 0 saturated heterocycles. The number of hydrogen-bond acceptors (Lipinski definition) is 3. The van der Waals surface area contributed by atoms with E-state index in [0.717, 1.165) is 47.2 Å². The van der Waals surface area contributed by atoms with Crippen molar-refractivity contribution in [2.45, 2.75) is 44.9 Å². The molecule has 0 unspecified atom stereocenters. The standard InChI is InChI=1S/C23H23NO2/c25-21-12-10-18(19-13-15-7-3-4-8-16(15)23(19)21)22-17(9-11-20(22)24-26)14-5-1-2-6-14/h3-4,7-8,10,12,14,25-26H,1-2,5-6,9,11,13H2/b24-20+. The van der Waals surface area contributed by atoms with Crippen molar-refractivity contribution in [3.63, 3.8) is 0 Å². The molecular formula is C23H23NO2. The van der Waals surface area contributed by atoms with Crippen LogP contribution in [0.3, 0.4) is 0 Å². The van der Waals surface area contributed by atoms with Crippen LogP contribution in [0.4, 0.5) is 0 Å². The first-order valence-corrected chi connectivity index (χ1v) is 9.65. The molecule has 0 aromatic heterocycles. The van der Waals surface area contributed by atoms with Crippen LogP contribution in [0.5, 0.6) is 5.75 Å². The van der Waals surface area contributed by atoms with Crippen molar-refractivity contribution >= 4 is 11.3 Å². The second-order valence-electron chi connectivity index (χ2n) is 7.75. The minimum absolute atomic E-state index is 0.345. The zero-order valence-corrected chi connectivity index (χ0v) is 14.8. The monoisotopic (exact) mass is 345 g/mol. The lowest BCUT2D eigenvalue weighted by atomic mass is 9.87. The van der Waals surface area contributed by atoms with Gasteiger partial charge in [0.05, 0.1) is 5.71 Å². The van der Waals surface area contributed by atoms with E-state index in [1.807, 2.05) is 18.2 Å². The molecule has 1 saturated carbocycles. The van der Waals surface area contributed by atoms with Crippen LogP contribution in [0.25, 0.3) is 16.7 Å². The lowest BCUT2D eigenvalue weighted by Gasteiger charge is -2.17. The van der Waals surface area contributed by atoms with Gasteiger partial charge in [0, 0.05) is 11.1 Å². The van der Waals surface area contributed by atoms with E-state index in [-0.39, 0.29) is 0 Å². The molecule has 0 radical (unpaired) electrons. The third kappa shape index (κ3) is 2.23. The molecule has 2 N–H and O–H groups in total. The number of phenolic OH excluding ortho intramolecular Hbond substituents is 1. The van der Waals surface area contributed by atoms with Gasteiger partial charge in [-0.3, -0.25) is 0 Å². The summed E-state index contributed by atoms with van der Waals surface area (Å²) in [5.74, 6) is 0.967. The highest BCUT2D eigenvalue weighted by molar-refractivity contribution is 6.27. The quantitative estimate of drug-likeness (QED) is 0.474. The van der Waals surface area contributed by atoms with Crippen LogP contribution in [-0.2, 0) is 6.42 Å². The Labute approximate surface area is 153 Å². The molecule has 0 heterocycles. The van der Waals surface area contributed by atoms with E-state index in [2.05, 4.69) is 23.4 Å². The molecule has 26 heavy (non-hydrogen) atoms. The van der Waals surface area contributed by atoms with Crippen molar-refractivity contribution in [1.82, 2.24) is 0 Å². The summed E-state index contributed by atoms with van der Waals surface area (Å²) < 4.78 is 0. The SMILES string of the molecule is O/N=C1\CCC(C2CCCC2)=C1c1ccc(O)c2c1Cc1ccccc1-2. The number of benzene rings is 2. The minimum Gasteiger partial charge on any atom is -0.507 e. The molecule has 0 bridgehead atoms. The van der Waals surface area contributed by atoms with E-state index in [1.54, 1.807) is 0 Å². The van der Waals surface area contributed by atoms with Gasteiger partial charge >= 0.3 is 0 Å². The molecule has 3 heteroatoms. The van der Waals surface area contributed by atoms with Gasteiger partial charge in [0.15, 0.2) is 0 Å². The van der Waals surface area contributed by atoms with Crippen molar-refractivity contribution in [2.75, 3.05) is 0 Å². The molecule has 132 valence electrons. The maximum absolute atomic E-state index is 10.6. The van der Waals surface area contributed by atoms with Crippen LogP contribution >= 0.6 is 0 Å². The zero-order valence-electron chi connectivity index (χ0n) is 14.8. The summed E-state index contributed by atoms with van der Waals surface area (Å²) in [5, 5.41) is 23.8. The van der Waals surface area contributed by atoms with Gasteiger partial charge in [-0.1, -0.05) is 53.9 Å². The van der Waals surface area contributed by atoms with Gasteiger partial charge in [-0.2, -0.15) is 0 Å². The topological polar surface area (TPSA) is 52.8 Å². The summed E-state index contributed by atoms with van der Waals surface area (Å²) in [6.07, 6.45) is 7.74. The number of rotatable bonds is 2. The van der Waals surface area contributed by atoms with Crippen molar-refractivity contribution in [2.24, 2.45) is 11.1 Å². The smallest absolute Gasteiger partial charge is 0.123 e. The van der Waals surface area contributed by atoms with Crippen LogP contribution < -0.4 is 0 Å². The van der Waals surface area contributed by atoms with Crippen LogP contribution in [0.1, 0.15) is 55.2 Å². The number of oxime groups is 1. The first-order valence-electron chi connectivity index (χ1n) is 9.65. The van der Waals surface area contributed by atoms with Crippen LogP contribution in [0.2, 0.25) is 0 Å². The molecule has 3 nitrogen and oxygen atoms in total. The summed E-state index contributed by atoms with van der Waals surface area (Å²) in [4.78, 5) is 0. The number of nitrogens with zero attached hydrogens (tertiary/aromatic N) is 1. The number of allylic oxidation sites excluding steroid dienone is 2. The van der Waals surface area contributed by atoms with Crippen molar-refractivity contribution in [1.29, 1.82) is 0 Å². The molecule has 0 amide bonds. The Hall–Kier alpha value is -2.55. The van der Waals surface area contributed by atoms with E-state index < -0.39 is 0 Å². The third-order valence-electron chi connectivity index (χ3n) is 6.42. The Morgan fingerprint density at radius 3 is 2.54 bits per heavy atom. The highest BCUT2D eigenvalue weighted by Gasteiger charge is 2.33. The molecule has 0 aliphatic heterocycles. The Balaban J connectivity index is 1.72. The molecule has 2 aromatic rings. The second-order valence-corrected chi connectivity index (χ2v) is 7.75. The summed E-state index contributed by atoms with van der Waals surface area (Å²) in [5.41, 5.74) is 9.12. The third-order valence-corrected chi connectivity index (χ3v) is 6.42. The van der Waals surface area contributed by atoms with Gasteiger partial charge in [-0.15, -0.1) is 0 Å². The molecule has 1 fully saturated rings. The fourth-order valence-electron chi connectivity index (χ4n) is 5.26. The average Bonchev–Trinajstić information content (AvgIpc) is 3.39. The Bertz CT molecular complexity index is 949. The van der Waals surface area contributed by atoms with Crippen LogP contribution in [-0.4, -0.2) is 16.0 Å². The van der Waals surface area contributed by atoms with E-state index in [4.69, 9.17) is 0 Å². The Kier molecular flexibility index (Phi) is 3.63.